The fourth-order valence-electron chi connectivity index (χ4n) is 0.931. The summed E-state index contributed by atoms with van der Waals surface area (Å²) in [5.74, 6) is 0. The molecule has 0 atom stereocenters. The molecule has 0 N–H and O–H groups in total. The van der Waals surface area contributed by atoms with Crippen LogP contribution in [0, 0.1) is 0 Å². The van der Waals surface area contributed by atoms with Gasteiger partial charge in [0.05, 0.1) is 0 Å². The van der Waals surface area contributed by atoms with Crippen LogP contribution in [0.4, 0.5) is 0 Å². The highest BCUT2D eigenvalue weighted by Crippen LogP contribution is 2.08. The van der Waals surface area contributed by atoms with Crippen LogP contribution in [-0.4, -0.2) is 0 Å². The van der Waals surface area contributed by atoms with Crippen LogP contribution in [0.25, 0.3) is 0 Å². The first-order valence-electron chi connectivity index (χ1n) is 4.15. The molecule has 0 aliphatic heterocycles. The molecular weight excluding hydrogens is 120 g/mol. The number of rotatable bonds is 4. The van der Waals surface area contributed by atoms with Crippen molar-refractivity contribution < 1.29 is 0 Å². The third-order valence-electron chi connectivity index (χ3n) is 1.55. The van der Waals surface area contributed by atoms with Crippen molar-refractivity contribution in [2.24, 2.45) is 0 Å². The summed E-state index contributed by atoms with van der Waals surface area (Å²) in [5, 5.41) is 0. The zero-order chi connectivity index (χ0) is 7.82. The molecule has 0 amide bonds. The maximum absolute atomic E-state index is 2.23. The molecule has 0 aliphatic rings. The van der Waals surface area contributed by atoms with Crippen LogP contribution in [0.1, 0.15) is 40.0 Å². The molecule has 58 valence electrons. The van der Waals surface area contributed by atoms with Gasteiger partial charge in [0.1, 0.15) is 0 Å². The van der Waals surface area contributed by atoms with Crippen molar-refractivity contribution in [3.05, 3.63) is 23.8 Å². The van der Waals surface area contributed by atoms with Crippen molar-refractivity contribution in [3.8, 4) is 0 Å². The molecule has 0 radical (unpaired) electrons. The van der Waals surface area contributed by atoms with Gasteiger partial charge in [-0.05, 0) is 19.8 Å². The second-order valence-corrected chi connectivity index (χ2v) is 2.45. The quantitative estimate of drug-likeness (QED) is 0.520. The highest BCUT2D eigenvalue weighted by atomic mass is 13.9. The first kappa shape index (κ1) is 9.48. The van der Waals surface area contributed by atoms with Gasteiger partial charge in [0.25, 0.3) is 0 Å². The van der Waals surface area contributed by atoms with E-state index in [0.29, 0.717) is 0 Å². The molecule has 0 unspecified atom stereocenters. The van der Waals surface area contributed by atoms with Gasteiger partial charge in [-0.25, -0.2) is 0 Å². The maximum Gasteiger partial charge on any atom is -0.0320 e. The summed E-state index contributed by atoms with van der Waals surface area (Å²) in [6.45, 7) is 6.49. The summed E-state index contributed by atoms with van der Waals surface area (Å²) in [6.07, 6.45) is 10.1. The van der Waals surface area contributed by atoms with Gasteiger partial charge in [0.2, 0.25) is 0 Å². The Bertz CT molecular complexity index is 118. The molecule has 0 aliphatic carbocycles. The second-order valence-electron chi connectivity index (χ2n) is 2.45. The fourth-order valence-corrected chi connectivity index (χ4v) is 0.931. The lowest BCUT2D eigenvalue weighted by Gasteiger charge is -1.98. The van der Waals surface area contributed by atoms with Crippen LogP contribution in [0.5, 0.6) is 0 Å². The van der Waals surface area contributed by atoms with Gasteiger partial charge >= 0.3 is 0 Å². The predicted octanol–water partition coefficient (Wildman–Crippen LogP) is 3.70. The summed E-state index contributed by atoms with van der Waals surface area (Å²) in [6, 6.07) is 0. The van der Waals surface area contributed by atoms with Crippen LogP contribution < -0.4 is 0 Å². The first-order valence-corrected chi connectivity index (χ1v) is 4.15. The van der Waals surface area contributed by atoms with E-state index in [2.05, 4.69) is 39.0 Å². The maximum atomic E-state index is 2.23. The largest absolute Gasteiger partial charge is 0.0877 e. The topological polar surface area (TPSA) is 0 Å². The smallest absolute Gasteiger partial charge is 0.0320 e. The van der Waals surface area contributed by atoms with Gasteiger partial charge < -0.3 is 0 Å². The molecule has 0 aromatic rings. The molecule has 0 nitrogen and oxygen atoms in total. The number of hydrogen-bond donors (Lipinski definition) is 0. The molecule has 10 heavy (non-hydrogen) atoms. The van der Waals surface area contributed by atoms with Crippen molar-refractivity contribution in [1.82, 2.24) is 0 Å². The van der Waals surface area contributed by atoms with E-state index in [1.54, 1.807) is 5.57 Å². The van der Waals surface area contributed by atoms with E-state index in [1.807, 2.05) is 0 Å². The number of hydrogen-bond acceptors (Lipinski definition) is 0. The van der Waals surface area contributed by atoms with Crippen molar-refractivity contribution in [2.45, 2.75) is 40.0 Å². The number of allylic oxidation sites excluding steroid dienone is 4. The van der Waals surface area contributed by atoms with Gasteiger partial charge in [0.15, 0.2) is 0 Å². The lowest BCUT2D eigenvalue weighted by molar-refractivity contribution is 0.859. The SMILES string of the molecule is C/C=C/C=C(/CC)CCC. The minimum absolute atomic E-state index is 1.19. The molecule has 0 saturated carbocycles. The fraction of sp³-hybridized carbons (Fsp3) is 0.600. The Balaban J connectivity index is 3.78. The summed E-state index contributed by atoms with van der Waals surface area (Å²) < 4.78 is 0. The van der Waals surface area contributed by atoms with E-state index in [-0.39, 0.29) is 0 Å². The molecule has 0 heteroatoms. The van der Waals surface area contributed by atoms with Crippen LogP contribution in [0.15, 0.2) is 23.8 Å². The predicted molar refractivity (Wildman–Crippen MR) is 48.1 cm³/mol. The Labute approximate surface area is 64.6 Å². The van der Waals surface area contributed by atoms with E-state index in [4.69, 9.17) is 0 Å². The molecule has 0 bridgehead atoms. The van der Waals surface area contributed by atoms with Gasteiger partial charge in [-0.3, -0.25) is 0 Å². The zero-order valence-electron chi connectivity index (χ0n) is 7.35. The Hall–Kier alpha value is -0.520. The van der Waals surface area contributed by atoms with E-state index < -0.39 is 0 Å². The summed E-state index contributed by atoms with van der Waals surface area (Å²) in [5.41, 5.74) is 1.56. The molecule has 0 spiro atoms. The standard InChI is InChI=1S/C10H18/c1-4-7-9-10(6-3)8-5-2/h4,7,9H,5-6,8H2,1-3H3/b7-4+,10-9-. The van der Waals surface area contributed by atoms with Crippen molar-refractivity contribution in [2.75, 3.05) is 0 Å². The molecule has 0 aromatic carbocycles. The Morgan fingerprint density at radius 2 is 2.00 bits per heavy atom. The highest BCUT2D eigenvalue weighted by molar-refractivity contribution is 5.11. The van der Waals surface area contributed by atoms with Crippen LogP contribution in [0.3, 0.4) is 0 Å². The molecule has 0 rings (SSSR count). The van der Waals surface area contributed by atoms with E-state index in [0.717, 1.165) is 0 Å². The molecule has 0 heterocycles. The minimum Gasteiger partial charge on any atom is -0.0877 e. The molecule has 0 fully saturated rings. The highest BCUT2D eigenvalue weighted by Gasteiger charge is 1.88. The summed E-state index contributed by atoms with van der Waals surface area (Å²) in [7, 11) is 0. The van der Waals surface area contributed by atoms with Crippen molar-refractivity contribution in [3.63, 3.8) is 0 Å². The lowest BCUT2D eigenvalue weighted by atomic mass is 10.1. The van der Waals surface area contributed by atoms with Gasteiger partial charge in [-0.1, -0.05) is 44.1 Å². The normalized spacial score (nSPS) is 12.9. The zero-order valence-corrected chi connectivity index (χ0v) is 7.35. The van der Waals surface area contributed by atoms with Gasteiger partial charge in [-0.2, -0.15) is 0 Å². The van der Waals surface area contributed by atoms with Gasteiger partial charge in [0, 0.05) is 0 Å². The lowest BCUT2D eigenvalue weighted by Crippen LogP contribution is -1.77. The average Bonchev–Trinajstić information content (AvgIpc) is 1.98. The Morgan fingerprint density at radius 3 is 2.40 bits per heavy atom. The van der Waals surface area contributed by atoms with Crippen LogP contribution in [0.2, 0.25) is 0 Å². The Morgan fingerprint density at radius 1 is 1.30 bits per heavy atom. The molecular formula is C10H18. The minimum atomic E-state index is 1.19. The third-order valence-corrected chi connectivity index (χ3v) is 1.55. The van der Waals surface area contributed by atoms with Crippen LogP contribution >= 0.6 is 0 Å². The molecule has 0 saturated heterocycles. The third kappa shape index (κ3) is 4.37. The van der Waals surface area contributed by atoms with Crippen molar-refractivity contribution in [1.29, 1.82) is 0 Å². The van der Waals surface area contributed by atoms with E-state index >= 15 is 0 Å². The summed E-state index contributed by atoms with van der Waals surface area (Å²) in [4.78, 5) is 0. The average molecular weight is 138 g/mol. The van der Waals surface area contributed by atoms with Crippen LogP contribution in [-0.2, 0) is 0 Å². The van der Waals surface area contributed by atoms with E-state index in [1.165, 1.54) is 19.3 Å². The monoisotopic (exact) mass is 138 g/mol. The summed E-state index contributed by atoms with van der Waals surface area (Å²) >= 11 is 0. The second kappa shape index (κ2) is 6.60. The van der Waals surface area contributed by atoms with Crippen molar-refractivity contribution >= 4 is 0 Å². The first-order chi connectivity index (χ1) is 4.85. The Kier molecular flexibility index (Phi) is 6.25. The van der Waals surface area contributed by atoms with Gasteiger partial charge in [-0.15, -0.1) is 0 Å². The van der Waals surface area contributed by atoms with E-state index in [9.17, 15) is 0 Å². The molecule has 0 aromatic heterocycles.